The molecule has 1 unspecified atom stereocenters. The number of nitrogens with one attached hydrogen (secondary N) is 1. The number of furan rings is 1. The average Bonchev–Trinajstić information content (AvgIpc) is 2.65. The van der Waals surface area contributed by atoms with E-state index in [9.17, 15) is 0 Å². The Labute approximate surface area is 123 Å². The Morgan fingerprint density at radius 2 is 2.11 bits per heavy atom. The molecule has 0 bridgehead atoms. The molecule has 0 saturated heterocycles. The van der Waals surface area contributed by atoms with E-state index in [-0.39, 0.29) is 0 Å². The Morgan fingerprint density at radius 1 is 1.28 bits per heavy atom. The van der Waals surface area contributed by atoms with Gasteiger partial charge in [-0.3, -0.25) is 0 Å². The average molecular weight is 371 g/mol. The van der Waals surface area contributed by atoms with Crippen LogP contribution in [0.5, 0.6) is 0 Å². The Balaban J connectivity index is 1.52. The third kappa shape index (κ3) is 2.42. The number of benzene rings is 1. The van der Waals surface area contributed by atoms with Gasteiger partial charge in [-0.2, -0.15) is 0 Å². The summed E-state index contributed by atoms with van der Waals surface area (Å²) < 4.78 is 7.25. The fourth-order valence-corrected chi connectivity index (χ4v) is 3.05. The molecule has 0 spiro atoms. The Hall–Kier alpha value is -0.580. The predicted octanol–water partition coefficient (Wildman–Crippen LogP) is 4.23. The minimum absolute atomic E-state index is 0.656. The molecule has 0 amide bonds. The van der Waals surface area contributed by atoms with Gasteiger partial charge >= 0.3 is 0 Å². The second kappa shape index (κ2) is 5.19. The highest BCUT2D eigenvalue weighted by Crippen LogP contribution is 2.34. The van der Waals surface area contributed by atoms with Crippen LogP contribution in [0.3, 0.4) is 0 Å². The smallest absolute Gasteiger partial charge is 0.183 e. The van der Waals surface area contributed by atoms with Crippen LogP contribution in [0.2, 0.25) is 0 Å². The zero-order valence-electron chi connectivity index (χ0n) is 9.75. The summed E-state index contributed by atoms with van der Waals surface area (Å²) in [6.07, 6.45) is 1.19. The molecular weight excluding hydrogens is 358 g/mol. The summed E-state index contributed by atoms with van der Waals surface area (Å²) in [6, 6.07) is 10.7. The van der Waals surface area contributed by atoms with Gasteiger partial charge in [-0.05, 0) is 55.5 Å². The van der Waals surface area contributed by atoms with E-state index in [2.05, 4.69) is 61.4 Å². The van der Waals surface area contributed by atoms with Gasteiger partial charge in [0, 0.05) is 12.5 Å². The van der Waals surface area contributed by atoms with Crippen LogP contribution in [0.15, 0.2) is 43.9 Å². The largest absolute Gasteiger partial charge is 0.452 e. The molecule has 0 saturated carbocycles. The molecule has 2 aromatic rings. The van der Waals surface area contributed by atoms with Crippen molar-refractivity contribution in [2.75, 3.05) is 6.54 Å². The topological polar surface area (TPSA) is 25.2 Å². The summed E-state index contributed by atoms with van der Waals surface area (Å²) in [7, 11) is 0. The maximum absolute atomic E-state index is 5.52. The quantitative estimate of drug-likeness (QED) is 0.870. The third-order valence-corrected chi connectivity index (χ3v) is 5.06. The number of halogens is 2. The van der Waals surface area contributed by atoms with Crippen molar-refractivity contribution < 1.29 is 4.42 Å². The van der Waals surface area contributed by atoms with Crippen LogP contribution in [0.4, 0.5) is 0 Å². The molecule has 1 heterocycles. The summed E-state index contributed by atoms with van der Waals surface area (Å²) >= 11 is 6.76. The van der Waals surface area contributed by atoms with E-state index in [1.54, 1.807) is 0 Å². The van der Waals surface area contributed by atoms with Crippen LogP contribution in [0.1, 0.15) is 22.8 Å². The summed E-state index contributed by atoms with van der Waals surface area (Å²) in [5, 5.41) is 3.45. The predicted molar refractivity (Wildman–Crippen MR) is 78.7 cm³/mol. The Bertz CT molecular complexity index is 545. The monoisotopic (exact) mass is 369 g/mol. The molecule has 4 heteroatoms. The van der Waals surface area contributed by atoms with Gasteiger partial charge in [-0.15, -0.1) is 0 Å². The summed E-state index contributed by atoms with van der Waals surface area (Å²) in [4.78, 5) is 0. The first-order valence-corrected chi connectivity index (χ1v) is 7.55. The van der Waals surface area contributed by atoms with Crippen LogP contribution in [0, 0.1) is 0 Å². The maximum atomic E-state index is 5.52. The van der Waals surface area contributed by atoms with Crippen molar-refractivity contribution in [2.24, 2.45) is 0 Å². The molecule has 2 nitrogen and oxygen atoms in total. The van der Waals surface area contributed by atoms with E-state index >= 15 is 0 Å². The van der Waals surface area contributed by atoms with Gasteiger partial charge in [0.05, 0.1) is 11.0 Å². The van der Waals surface area contributed by atoms with Crippen molar-refractivity contribution in [2.45, 2.75) is 18.9 Å². The van der Waals surface area contributed by atoms with Crippen molar-refractivity contribution in [1.82, 2.24) is 5.32 Å². The highest BCUT2D eigenvalue weighted by molar-refractivity contribution is 9.13. The van der Waals surface area contributed by atoms with Gasteiger partial charge < -0.3 is 9.73 Å². The van der Waals surface area contributed by atoms with Gasteiger partial charge in [0.2, 0.25) is 0 Å². The molecule has 94 valence electrons. The Morgan fingerprint density at radius 3 is 2.83 bits per heavy atom. The van der Waals surface area contributed by atoms with E-state index in [0.717, 1.165) is 28.0 Å². The molecule has 1 aliphatic rings. The van der Waals surface area contributed by atoms with Crippen LogP contribution in [0.25, 0.3) is 0 Å². The van der Waals surface area contributed by atoms with Gasteiger partial charge in [0.25, 0.3) is 0 Å². The second-order valence-electron chi connectivity index (χ2n) is 4.57. The molecule has 1 aliphatic carbocycles. The lowest BCUT2D eigenvalue weighted by Gasteiger charge is -2.30. The fourth-order valence-electron chi connectivity index (χ4n) is 2.39. The van der Waals surface area contributed by atoms with Crippen molar-refractivity contribution in [3.8, 4) is 0 Å². The summed E-state index contributed by atoms with van der Waals surface area (Å²) in [5.74, 6) is 1.60. The molecule has 0 fully saturated rings. The first-order chi connectivity index (χ1) is 8.74. The molecule has 18 heavy (non-hydrogen) atoms. The highest BCUT2D eigenvalue weighted by atomic mass is 79.9. The van der Waals surface area contributed by atoms with Crippen molar-refractivity contribution in [3.63, 3.8) is 0 Å². The lowest BCUT2D eigenvalue weighted by molar-refractivity contribution is 0.449. The molecule has 1 aromatic carbocycles. The molecule has 0 aliphatic heterocycles. The normalized spacial score (nSPS) is 17.3. The molecule has 1 atom stereocenters. The van der Waals surface area contributed by atoms with Crippen LogP contribution >= 0.6 is 31.9 Å². The van der Waals surface area contributed by atoms with Crippen LogP contribution in [-0.2, 0) is 13.0 Å². The van der Waals surface area contributed by atoms with Gasteiger partial charge in [0.15, 0.2) is 4.67 Å². The Kier molecular flexibility index (Phi) is 3.59. The van der Waals surface area contributed by atoms with Crippen molar-refractivity contribution in [1.29, 1.82) is 0 Å². The molecular formula is C14H13Br2NO. The van der Waals surface area contributed by atoms with Crippen molar-refractivity contribution >= 4 is 31.9 Å². The fraction of sp³-hybridized carbons (Fsp3) is 0.286. The van der Waals surface area contributed by atoms with Crippen LogP contribution < -0.4 is 5.32 Å². The van der Waals surface area contributed by atoms with E-state index in [1.807, 2.05) is 6.07 Å². The van der Waals surface area contributed by atoms with Crippen molar-refractivity contribution in [3.05, 3.63) is 56.4 Å². The van der Waals surface area contributed by atoms with Gasteiger partial charge in [-0.25, -0.2) is 0 Å². The molecule has 3 rings (SSSR count). The maximum Gasteiger partial charge on any atom is 0.183 e. The van der Waals surface area contributed by atoms with E-state index in [0.29, 0.717) is 5.92 Å². The summed E-state index contributed by atoms with van der Waals surface area (Å²) in [6.45, 7) is 1.77. The highest BCUT2D eigenvalue weighted by Gasteiger charge is 2.24. The zero-order valence-corrected chi connectivity index (χ0v) is 12.9. The van der Waals surface area contributed by atoms with E-state index in [4.69, 9.17) is 4.42 Å². The first-order valence-electron chi connectivity index (χ1n) is 5.96. The molecule has 1 N–H and O–H groups in total. The van der Waals surface area contributed by atoms with E-state index in [1.165, 1.54) is 17.5 Å². The number of rotatable bonds is 4. The minimum atomic E-state index is 0.656. The molecule has 0 radical (unpaired) electrons. The lowest BCUT2D eigenvalue weighted by Crippen LogP contribution is -2.28. The first kappa shape index (κ1) is 12.5. The van der Waals surface area contributed by atoms with E-state index < -0.39 is 0 Å². The standard InChI is InChI=1S/C14H13Br2NO/c15-13-6-11(18-14(13)16)8-17-7-10-5-9-3-1-2-4-12(9)10/h1-4,6,10,17H,5,7-8H2. The van der Waals surface area contributed by atoms with Gasteiger partial charge in [-0.1, -0.05) is 24.3 Å². The third-order valence-electron chi connectivity index (χ3n) is 3.35. The number of fused-ring (bicyclic) bond motifs is 1. The number of hydrogen-bond acceptors (Lipinski definition) is 2. The number of hydrogen-bond donors (Lipinski definition) is 1. The summed E-state index contributed by atoms with van der Waals surface area (Å²) in [5.41, 5.74) is 2.99. The lowest BCUT2D eigenvalue weighted by atomic mass is 9.77. The minimum Gasteiger partial charge on any atom is -0.452 e. The van der Waals surface area contributed by atoms with Gasteiger partial charge in [0.1, 0.15) is 5.76 Å². The SMILES string of the molecule is Brc1cc(CNCC2Cc3ccccc32)oc1Br. The molecule has 1 aromatic heterocycles. The second-order valence-corrected chi connectivity index (χ2v) is 6.14. The van der Waals surface area contributed by atoms with Crippen LogP contribution in [-0.4, -0.2) is 6.54 Å². The zero-order chi connectivity index (χ0) is 12.5.